The number of thiazole rings is 1. The maximum atomic E-state index is 11.7. The van der Waals surface area contributed by atoms with Gasteiger partial charge >= 0.3 is 5.97 Å². The minimum Gasteiger partial charge on any atom is -0.465 e. The Morgan fingerprint density at radius 3 is 2.70 bits per heavy atom. The van der Waals surface area contributed by atoms with E-state index < -0.39 is 0 Å². The van der Waals surface area contributed by atoms with Gasteiger partial charge in [0.1, 0.15) is 9.88 Å². The van der Waals surface area contributed by atoms with Crippen molar-refractivity contribution < 1.29 is 9.53 Å². The van der Waals surface area contributed by atoms with Gasteiger partial charge in [-0.1, -0.05) is 42.5 Å². The fourth-order valence-electron chi connectivity index (χ4n) is 2.21. The Labute approximate surface area is 120 Å². The van der Waals surface area contributed by atoms with Gasteiger partial charge in [-0.05, 0) is 17.7 Å². The number of fused-ring (bicyclic) bond motifs is 1. The SMILES string of the molecule is COC(=O)c1sc(-c2cccc3ccccc23)nc1C. The first-order chi connectivity index (χ1) is 9.70. The molecule has 1 aromatic heterocycles. The van der Waals surface area contributed by atoms with Gasteiger partial charge in [0.15, 0.2) is 0 Å². The van der Waals surface area contributed by atoms with Crippen LogP contribution in [0, 0.1) is 6.92 Å². The molecule has 0 aliphatic carbocycles. The molecule has 0 aliphatic heterocycles. The summed E-state index contributed by atoms with van der Waals surface area (Å²) in [6, 6.07) is 14.3. The first kappa shape index (κ1) is 12.8. The summed E-state index contributed by atoms with van der Waals surface area (Å²) >= 11 is 1.37. The zero-order chi connectivity index (χ0) is 14.1. The average molecular weight is 283 g/mol. The molecular weight excluding hydrogens is 270 g/mol. The first-order valence-electron chi connectivity index (χ1n) is 6.24. The van der Waals surface area contributed by atoms with Crippen molar-refractivity contribution in [3.8, 4) is 10.6 Å². The largest absolute Gasteiger partial charge is 0.465 e. The number of carbonyl (C=O) groups excluding carboxylic acids is 1. The Morgan fingerprint density at radius 1 is 1.15 bits per heavy atom. The van der Waals surface area contributed by atoms with Gasteiger partial charge in [-0.15, -0.1) is 11.3 Å². The van der Waals surface area contributed by atoms with Crippen LogP contribution in [0.15, 0.2) is 42.5 Å². The van der Waals surface area contributed by atoms with Crippen molar-refractivity contribution in [3.63, 3.8) is 0 Å². The van der Waals surface area contributed by atoms with Crippen LogP contribution in [0.3, 0.4) is 0 Å². The second-order valence-electron chi connectivity index (χ2n) is 4.45. The predicted octanol–water partition coefficient (Wildman–Crippen LogP) is 4.06. The Hall–Kier alpha value is -2.20. The lowest BCUT2D eigenvalue weighted by atomic mass is 10.1. The van der Waals surface area contributed by atoms with E-state index in [4.69, 9.17) is 4.74 Å². The topological polar surface area (TPSA) is 39.2 Å². The van der Waals surface area contributed by atoms with Crippen molar-refractivity contribution >= 4 is 28.1 Å². The van der Waals surface area contributed by atoms with Crippen LogP contribution < -0.4 is 0 Å². The molecule has 3 rings (SSSR count). The third kappa shape index (κ3) is 2.08. The minimum absolute atomic E-state index is 0.327. The van der Waals surface area contributed by atoms with Gasteiger partial charge in [-0.25, -0.2) is 9.78 Å². The van der Waals surface area contributed by atoms with Crippen molar-refractivity contribution in [3.05, 3.63) is 53.0 Å². The zero-order valence-corrected chi connectivity index (χ0v) is 12.0. The number of benzene rings is 2. The van der Waals surface area contributed by atoms with Gasteiger partial charge in [0.2, 0.25) is 0 Å². The molecular formula is C16H13NO2S. The molecule has 0 amide bonds. The molecule has 0 radical (unpaired) electrons. The predicted molar refractivity (Wildman–Crippen MR) is 81.1 cm³/mol. The number of carbonyl (C=O) groups is 1. The van der Waals surface area contributed by atoms with Crippen LogP contribution in [0.2, 0.25) is 0 Å². The third-order valence-corrected chi connectivity index (χ3v) is 4.36. The van der Waals surface area contributed by atoms with Crippen LogP contribution in [-0.4, -0.2) is 18.1 Å². The van der Waals surface area contributed by atoms with Crippen LogP contribution in [0.5, 0.6) is 0 Å². The van der Waals surface area contributed by atoms with Gasteiger partial charge < -0.3 is 4.74 Å². The number of aryl methyl sites for hydroxylation is 1. The van der Waals surface area contributed by atoms with Crippen molar-refractivity contribution in [2.75, 3.05) is 7.11 Å². The van der Waals surface area contributed by atoms with Gasteiger partial charge in [0.25, 0.3) is 0 Å². The maximum Gasteiger partial charge on any atom is 0.349 e. The normalized spacial score (nSPS) is 10.7. The van der Waals surface area contributed by atoms with Crippen molar-refractivity contribution in [2.24, 2.45) is 0 Å². The number of rotatable bonds is 2. The van der Waals surface area contributed by atoms with Crippen molar-refractivity contribution in [2.45, 2.75) is 6.92 Å². The number of nitrogens with zero attached hydrogens (tertiary/aromatic N) is 1. The molecule has 1 heterocycles. The fourth-order valence-corrected chi connectivity index (χ4v) is 3.23. The molecule has 3 nitrogen and oxygen atoms in total. The molecule has 4 heteroatoms. The highest BCUT2D eigenvalue weighted by Crippen LogP contribution is 2.33. The molecule has 0 atom stereocenters. The quantitative estimate of drug-likeness (QED) is 0.666. The number of hydrogen-bond acceptors (Lipinski definition) is 4. The smallest absolute Gasteiger partial charge is 0.349 e. The second kappa shape index (κ2) is 5.06. The van der Waals surface area contributed by atoms with E-state index in [9.17, 15) is 4.79 Å². The van der Waals surface area contributed by atoms with E-state index in [2.05, 4.69) is 23.2 Å². The third-order valence-electron chi connectivity index (χ3n) is 3.19. The summed E-state index contributed by atoms with van der Waals surface area (Å²) in [5.74, 6) is -0.327. The number of esters is 1. The lowest BCUT2D eigenvalue weighted by Crippen LogP contribution is -1.99. The monoisotopic (exact) mass is 283 g/mol. The fraction of sp³-hybridized carbons (Fsp3) is 0.125. The molecule has 0 fully saturated rings. The Morgan fingerprint density at radius 2 is 1.90 bits per heavy atom. The summed E-state index contributed by atoms with van der Waals surface area (Å²) in [5, 5.41) is 3.15. The Bertz CT molecular complexity index is 787. The van der Waals surface area contributed by atoms with Crippen LogP contribution in [0.25, 0.3) is 21.3 Å². The minimum atomic E-state index is -0.327. The summed E-state index contributed by atoms with van der Waals surface area (Å²) in [5.41, 5.74) is 1.76. The van der Waals surface area contributed by atoms with Crippen LogP contribution >= 0.6 is 11.3 Å². The molecule has 20 heavy (non-hydrogen) atoms. The summed E-state index contributed by atoms with van der Waals surface area (Å²) < 4.78 is 4.79. The number of ether oxygens (including phenoxy) is 1. The van der Waals surface area contributed by atoms with Crippen LogP contribution in [0.4, 0.5) is 0 Å². The molecule has 0 saturated carbocycles. The molecule has 0 N–H and O–H groups in total. The number of hydrogen-bond donors (Lipinski definition) is 0. The highest BCUT2D eigenvalue weighted by Gasteiger charge is 2.17. The molecule has 0 spiro atoms. The molecule has 100 valence electrons. The van der Waals surface area contributed by atoms with E-state index in [1.807, 2.05) is 31.2 Å². The molecule has 0 saturated heterocycles. The molecule has 0 aliphatic rings. The van der Waals surface area contributed by atoms with Gasteiger partial charge in [-0.3, -0.25) is 0 Å². The summed E-state index contributed by atoms with van der Waals surface area (Å²) in [4.78, 5) is 16.8. The molecule has 2 aromatic carbocycles. The van der Waals surface area contributed by atoms with E-state index >= 15 is 0 Å². The molecule has 3 aromatic rings. The maximum absolute atomic E-state index is 11.7. The van der Waals surface area contributed by atoms with Gasteiger partial charge in [-0.2, -0.15) is 0 Å². The molecule has 0 unspecified atom stereocenters. The van der Waals surface area contributed by atoms with Crippen LogP contribution in [-0.2, 0) is 4.74 Å². The van der Waals surface area contributed by atoms with Crippen molar-refractivity contribution in [1.29, 1.82) is 0 Å². The highest BCUT2D eigenvalue weighted by atomic mass is 32.1. The van der Waals surface area contributed by atoms with E-state index in [0.717, 1.165) is 21.3 Å². The summed E-state index contributed by atoms with van der Waals surface area (Å²) in [6.07, 6.45) is 0. The standard InChI is InChI=1S/C16H13NO2S/c1-10-14(16(18)19-2)20-15(17-10)13-9-5-7-11-6-3-4-8-12(11)13/h3-9H,1-2H3. The van der Waals surface area contributed by atoms with Crippen LogP contribution in [0.1, 0.15) is 15.4 Å². The Kier molecular flexibility index (Phi) is 3.24. The van der Waals surface area contributed by atoms with Crippen molar-refractivity contribution in [1.82, 2.24) is 4.98 Å². The highest BCUT2D eigenvalue weighted by molar-refractivity contribution is 7.17. The van der Waals surface area contributed by atoms with Gasteiger partial charge in [0, 0.05) is 5.56 Å². The zero-order valence-electron chi connectivity index (χ0n) is 11.2. The van der Waals surface area contributed by atoms with E-state index in [-0.39, 0.29) is 5.97 Å². The number of aromatic nitrogens is 1. The van der Waals surface area contributed by atoms with E-state index in [0.29, 0.717) is 10.6 Å². The lowest BCUT2D eigenvalue weighted by molar-refractivity contribution is 0.0605. The lowest BCUT2D eigenvalue weighted by Gasteiger charge is -2.02. The molecule has 0 bridgehead atoms. The first-order valence-corrected chi connectivity index (χ1v) is 7.06. The average Bonchev–Trinajstić information content (AvgIpc) is 2.87. The summed E-state index contributed by atoms with van der Waals surface area (Å²) in [7, 11) is 1.39. The Balaban J connectivity index is 2.19. The summed E-state index contributed by atoms with van der Waals surface area (Å²) in [6.45, 7) is 1.83. The van der Waals surface area contributed by atoms with Gasteiger partial charge in [0.05, 0.1) is 12.8 Å². The van der Waals surface area contributed by atoms with E-state index in [1.54, 1.807) is 0 Å². The van der Waals surface area contributed by atoms with E-state index in [1.165, 1.54) is 18.4 Å². The number of methoxy groups -OCH3 is 1. The second-order valence-corrected chi connectivity index (χ2v) is 5.45.